The fraction of sp³-hybridized carbons (Fsp3) is 0.312. The molecule has 1 aliphatic heterocycles. The van der Waals surface area contributed by atoms with Gasteiger partial charge in [-0.2, -0.15) is 0 Å². The molecule has 1 N–H and O–H groups in total. The SMILES string of the molecule is CC(C)C1C(=O)NCC(=O)N1c1cccc2ncccc12. The van der Waals surface area contributed by atoms with Crippen molar-refractivity contribution in [3.05, 3.63) is 36.5 Å². The molecular formula is C16H17N3O2. The van der Waals surface area contributed by atoms with E-state index < -0.39 is 6.04 Å². The monoisotopic (exact) mass is 283 g/mol. The summed E-state index contributed by atoms with van der Waals surface area (Å²) in [5, 5.41) is 3.55. The zero-order valence-corrected chi connectivity index (χ0v) is 12.0. The maximum Gasteiger partial charge on any atom is 0.247 e. The van der Waals surface area contributed by atoms with E-state index in [-0.39, 0.29) is 24.3 Å². The standard InChI is InChI=1S/C16H17N3O2/c1-10(2)15-16(21)18-9-14(20)19(15)13-7-3-6-12-11(13)5-4-8-17-12/h3-8,10,15H,9H2,1-2H3,(H,18,21). The van der Waals surface area contributed by atoms with Crippen molar-refractivity contribution in [2.24, 2.45) is 5.92 Å². The Morgan fingerprint density at radius 2 is 2.05 bits per heavy atom. The van der Waals surface area contributed by atoms with Gasteiger partial charge in [-0.3, -0.25) is 19.5 Å². The van der Waals surface area contributed by atoms with Crippen LogP contribution in [0, 0.1) is 5.92 Å². The Labute approximate surface area is 123 Å². The highest BCUT2D eigenvalue weighted by molar-refractivity contribution is 6.10. The molecule has 21 heavy (non-hydrogen) atoms. The summed E-state index contributed by atoms with van der Waals surface area (Å²) < 4.78 is 0. The summed E-state index contributed by atoms with van der Waals surface area (Å²) in [6.45, 7) is 3.93. The minimum atomic E-state index is -0.489. The molecule has 0 aliphatic carbocycles. The smallest absolute Gasteiger partial charge is 0.247 e. The van der Waals surface area contributed by atoms with Crippen molar-refractivity contribution in [3.63, 3.8) is 0 Å². The second kappa shape index (κ2) is 5.16. The number of piperazine rings is 1. The van der Waals surface area contributed by atoms with Crippen LogP contribution in [0.2, 0.25) is 0 Å². The van der Waals surface area contributed by atoms with Gasteiger partial charge in [0.2, 0.25) is 11.8 Å². The number of nitrogens with zero attached hydrogens (tertiary/aromatic N) is 2. The van der Waals surface area contributed by atoms with Crippen LogP contribution in [-0.4, -0.2) is 29.4 Å². The van der Waals surface area contributed by atoms with E-state index in [4.69, 9.17) is 0 Å². The van der Waals surface area contributed by atoms with Crippen LogP contribution < -0.4 is 10.2 Å². The average Bonchev–Trinajstić information content (AvgIpc) is 2.48. The number of nitrogens with one attached hydrogen (secondary N) is 1. The molecule has 2 amide bonds. The van der Waals surface area contributed by atoms with Gasteiger partial charge in [-0.05, 0) is 30.2 Å². The number of fused-ring (bicyclic) bond motifs is 1. The number of amides is 2. The first-order valence-electron chi connectivity index (χ1n) is 7.03. The molecule has 1 aromatic carbocycles. The molecule has 2 aromatic rings. The van der Waals surface area contributed by atoms with Crippen LogP contribution in [0.15, 0.2) is 36.5 Å². The number of carbonyl (C=O) groups is 2. The summed E-state index contributed by atoms with van der Waals surface area (Å²) in [5.41, 5.74) is 1.57. The van der Waals surface area contributed by atoms with Crippen molar-refractivity contribution < 1.29 is 9.59 Å². The highest BCUT2D eigenvalue weighted by Gasteiger charge is 2.38. The molecule has 0 radical (unpaired) electrons. The van der Waals surface area contributed by atoms with Gasteiger partial charge in [-0.15, -0.1) is 0 Å². The van der Waals surface area contributed by atoms with E-state index in [0.717, 1.165) is 16.6 Å². The van der Waals surface area contributed by atoms with Crippen molar-refractivity contribution in [1.82, 2.24) is 10.3 Å². The van der Waals surface area contributed by atoms with E-state index in [2.05, 4.69) is 10.3 Å². The maximum atomic E-state index is 12.4. The van der Waals surface area contributed by atoms with Crippen molar-refractivity contribution >= 4 is 28.4 Å². The quantitative estimate of drug-likeness (QED) is 0.913. The second-order valence-corrected chi connectivity index (χ2v) is 5.52. The lowest BCUT2D eigenvalue weighted by atomic mass is 9.97. The number of anilines is 1. The molecular weight excluding hydrogens is 266 g/mol. The Morgan fingerprint density at radius 3 is 2.81 bits per heavy atom. The predicted molar refractivity (Wildman–Crippen MR) is 80.9 cm³/mol. The van der Waals surface area contributed by atoms with E-state index in [0.29, 0.717) is 0 Å². The minimum absolute atomic E-state index is 0.0289. The zero-order valence-electron chi connectivity index (χ0n) is 12.0. The van der Waals surface area contributed by atoms with Crippen LogP contribution in [-0.2, 0) is 9.59 Å². The number of pyridine rings is 1. The van der Waals surface area contributed by atoms with Gasteiger partial charge in [0.25, 0.3) is 0 Å². The molecule has 5 heteroatoms. The molecule has 0 spiro atoms. The molecule has 0 saturated carbocycles. The Morgan fingerprint density at radius 1 is 1.24 bits per heavy atom. The highest BCUT2D eigenvalue weighted by atomic mass is 16.2. The summed E-state index contributed by atoms with van der Waals surface area (Å²) in [4.78, 5) is 30.5. The van der Waals surface area contributed by atoms with Crippen molar-refractivity contribution in [2.45, 2.75) is 19.9 Å². The molecule has 0 bridgehead atoms. The highest BCUT2D eigenvalue weighted by Crippen LogP contribution is 2.30. The molecule has 1 aliphatic rings. The molecule has 1 atom stereocenters. The zero-order chi connectivity index (χ0) is 15.0. The lowest BCUT2D eigenvalue weighted by Crippen LogP contribution is -2.60. The van der Waals surface area contributed by atoms with E-state index in [1.807, 2.05) is 44.2 Å². The number of carbonyl (C=O) groups excluding carboxylic acids is 2. The van der Waals surface area contributed by atoms with Gasteiger partial charge in [-0.1, -0.05) is 19.9 Å². The normalized spacial score (nSPS) is 19.2. The number of hydrogen-bond acceptors (Lipinski definition) is 3. The van der Waals surface area contributed by atoms with Crippen molar-refractivity contribution in [3.8, 4) is 0 Å². The topological polar surface area (TPSA) is 62.3 Å². The van der Waals surface area contributed by atoms with Gasteiger partial charge in [-0.25, -0.2) is 0 Å². The number of rotatable bonds is 2. The van der Waals surface area contributed by atoms with Crippen LogP contribution in [0.25, 0.3) is 10.9 Å². The largest absolute Gasteiger partial charge is 0.345 e. The van der Waals surface area contributed by atoms with Gasteiger partial charge in [0.05, 0.1) is 17.7 Å². The lowest BCUT2D eigenvalue weighted by Gasteiger charge is -2.37. The minimum Gasteiger partial charge on any atom is -0.345 e. The number of benzene rings is 1. The van der Waals surface area contributed by atoms with Crippen LogP contribution in [0.3, 0.4) is 0 Å². The Hall–Kier alpha value is -2.43. The van der Waals surface area contributed by atoms with E-state index in [1.54, 1.807) is 11.1 Å². The summed E-state index contributed by atoms with van der Waals surface area (Å²) in [7, 11) is 0. The van der Waals surface area contributed by atoms with E-state index in [1.165, 1.54) is 0 Å². The average molecular weight is 283 g/mol. The van der Waals surface area contributed by atoms with Crippen LogP contribution in [0.4, 0.5) is 5.69 Å². The maximum absolute atomic E-state index is 12.4. The molecule has 5 nitrogen and oxygen atoms in total. The molecule has 3 rings (SSSR count). The lowest BCUT2D eigenvalue weighted by molar-refractivity contribution is -0.131. The molecule has 1 saturated heterocycles. The van der Waals surface area contributed by atoms with E-state index >= 15 is 0 Å². The Kier molecular flexibility index (Phi) is 3.33. The molecule has 1 unspecified atom stereocenters. The fourth-order valence-corrected chi connectivity index (χ4v) is 2.81. The number of aromatic nitrogens is 1. The molecule has 1 fully saturated rings. The third kappa shape index (κ3) is 2.24. The van der Waals surface area contributed by atoms with Gasteiger partial charge in [0, 0.05) is 11.6 Å². The summed E-state index contributed by atoms with van der Waals surface area (Å²) >= 11 is 0. The van der Waals surface area contributed by atoms with Gasteiger partial charge >= 0.3 is 0 Å². The third-order valence-corrected chi connectivity index (χ3v) is 3.74. The summed E-state index contributed by atoms with van der Waals surface area (Å²) in [6, 6.07) is 8.91. The molecule has 1 aromatic heterocycles. The Balaban J connectivity index is 2.18. The van der Waals surface area contributed by atoms with Crippen molar-refractivity contribution in [2.75, 3.05) is 11.4 Å². The number of hydrogen-bond donors (Lipinski definition) is 1. The van der Waals surface area contributed by atoms with Gasteiger partial charge in [0.1, 0.15) is 6.04 Å². The fourth-order valence-electron chi connectivity index (χ4n) is 2.81. The van der Waals surface area contributed by atoms with Gasteiger partial charge in [0.15, 0.2) is 0 Å². The third-order valence-electron chi connectivity index (χ3n) is 3.74. The second-order valence-electron chi connectivity index (χ2n) is 5.52. The van der Waals surface area contributed by atoms with Crippen molar-refractivity contribution in [1.29, 1.82) is 0 Å². The first-order valence-corrected chi connectivity index (χ1v) is 7.03. The van der Waals surface area contributed by atoms with Gasteiger partial charge < -0.3 is 5.32 Å². The van der Waals surface area contributed by atoms with Crippen LogP contribution in [0.1, 0.15) is 13.8 Å². The first-order chi connectivity index (χ1) is 10.1. The Bertz CT molecular complexity index is 706. The molecule has 108 valence electrons. The first kappa shape index (κ1) is 13.5. The summed E-state index contributed by atoms with van der Waals surface area (Å²) in [5.74, 6) is -0.170. The predicted octanol–water partition coefficient (Wildman–Crippen LogP) is 1.72. The summed E-state index contributed by atoms with van der Waals surface area (Å²) in [6.07, 6.45) is 1.72. The van der Waals surface area contributed by atoms with E-state index in [9.17, 15) is 9.59 Å². The van der Waals surface area contributed by atoms with Crippen LogP contribution in [0.5, 0.6) is 0 Å². The van der Waals surface area contributed by atoms with Crippen LogP contribution >= 0.6 is 0 Å². The molecule has 2 heterocycles.